The molecular weight excluding hydrogens is 321 g/mol. The molecule has 0 spiro atoms. The minimum Gasteiger partial charge on any atom is -0.326 e. The maximum atomic E-state index is 12.6. The first-order valence-electron chi connectivity index (χ1n) is 7.08. The van der Waals surface area contributed by atoms with E-state index in [0.717, 1.165) is 12.1 Å². The third kappa shape index (κ3) is 5.12. The standard InChI is InChI=1S/C17H15F3N2O2/c1-11(23)21-14-5-7-15(8-6-14)22-16(24)10-12-3-2-4-13(9-12)17(18,19)20/h2-9H,10H2,1H3,(H,21,23)(H,22,24). The minimum atomic E-state index is -4.44. The highest BCUT2D eigenvalue weighted by Gasteiger charge is 2.30. The first-order chi connectivity index (χ1) is 11.2. The fraction of sp³-hybridized carbons (Fsp3) is 0.176. The summed E-state index contributed by atoms with van der Waals surface area (Å²) in [6.45, 7) is 1.38. The van der Waals surface area contributed by atoms with Gasteiger partial charge in [-0.2, -0.15) is 13.2 Å². The predicted molar refractivity (Wildman–Crippen MR) is 84.5 cm³/mol. The van der Waals surface area contributed by atoms with Crippen LogP contribution in [0.15, 0.2) is 48.5 Å². The molecule has 0 fully saturated rings. The van der Waals surface area contributed by atoms with Gasteiger partial charge in [-0.3, -0.25) is 9.59 Å². The Bertz CT molecular complexity index is 740. The van der Waals surface area contributed by atoms with Crippen molar-refractivity contribution in [2.45, 2.75) is 19.5 Å². The van der Waals surface area contributed by atoms with Crippen LogP contribution in [0, 0.1) is 0 Å². The lowest BCUT2D eigenvalue weighted by Crippen LogP contribution is -2.15. The lowest BCUT2D eigenvalue weighted by Gasteiger charge is -2.09. The zero-order chi connectivity index (χ0) is 17.7. The summed E-state index contributed by atoms with van der Waals surface area (Å²) in [5, 5.41) is 5.18. The Labute approximate surface area is 136 Å². The summed E-state index contributed by atoms with van der Waals surface area (Å²) in [5.74, 6) is -0.641. The van der Waals surface area contributed by atoms with Gasteiger partial charge in [0.05, 0.1) is 12.0 Å². The molecule has 24 heavy (non-hydrogen) atoms. The molecule has 0 heterocycles. The molecule has 0 atom stereocenters. The second kappa shape index (κ2) is 7.16. The summed E-state index contributed by atoms with van der Waals surface area (Å²) < 4.78 is 37.9. The van der Waals surface area contributed by atoms with E-state index in [0.29, 0.717) is 11.4 Å². The number of halogens is 3. The molecule has 4 nitrogen and oxygen atoms in total. The van der Waals surface area contributed by atoms with Crippen LogP contribution in [-0.4, -0.2) is 11.8 Å². The van der Waals surface area contributed by atoms with E-state index in [1.807, 2.05) is 0 Å². The van der Waals surface area contributed by atoms with Crippen LogP contribution in [0.4, 0.5) is 24.5 Å². The molecule has 0 unspecified atom stereocenters. The van der Waals surface area contributed by atoms with Crippen molar-refractivity contribution in [3.8, 4) is 0 Å². The number of hydrogen-bond donors (Lipinski definition) is 2. The fourth-order valence-corrected chi connectivity index (χ4v) is 2.09. The van der Waals surface area contributed by atoms with Crippen LogP contribution in [0.2, 0.25) is 0 Å². The average molecular weight is 336 g/mol. The number of benzene rings is 2. The molecule has 0 radical (unpaired) electrons. The van der Waals surface area contributed by atoms with Gasteiger partial charge in [0.2, 0.25) is 11.8 Å². The smallest absolute Gasteiger partial charge is 0.326 e. The Kier molecular flexibility index (Phi) is 5.23. The number of anilines is 2. The maximum Gasteiger partial charge on any atom is 0.416 e. The molecule has 0 aliphatic rings. The fourth-order valence-electron chi connectivity index (χ4n) is 2.09. The lowest BCUT2D eigenvalue weighted by molar-refractivity contribution is -0.137. The number of carbonyl (C=O) groups is 2. The van der Waals surface area contributed by atoms with Gasteiger partial charge in [0.25, 0.3) is 0 Å². The molecule has 0 saturated carbocycles. The van der Waals surface area contributed by atoms with Crippen LogP contribution in [-0.2, 0) is 22.2 Å². The van der Waals surface area contributed by atoms with Crippen LogP contribution in [0.5, 0.6) is 0 Å². The molecule has 126 valence electrons. The van der Waals surface area contributed by atoms with Gasteiger partial charge in [-0.15, -0.1) is 0 Å². The van der Waals surface area contributed by atoms with Gasteiger partial charge >= 0.3 is 6.18 Å². The van der Waals surface area contributed by atoms with Gasteiger partial charge in [-0.05, 0) is 35.9 Å². The van der Waals surface area contributed by atoms with Crippen molar-refractivity contribution in [2.24, 2.45) is 0 Å². The highest BCUT2D eigenvalue weighted by molar-refractivity contribution is 5.93. The normalized spacial score (nSPS) is 11.0. The monoisotopic (exact) mass is 336 g/mol. The van der Waals surface area contributed by atoms with Crippen LogP contribution >= 0.6 is 0 Å². The molecule has 2 aromatic carbocycles. The van der Waals surface area contributed by atoms with Crippen LogP contribution in [0.25, 0.3) is 0 Å². The van der Waals surface area contributed by atoms with Crippen LogP contribution in [0.1, 0.15) is 18.1 Å². The summed E-state index contributed by atoms with van der Waals surface area (Å²) in [4.78, 5) is 22.9. The van der Waals surface area contributed by atoms with Crippen molar-refractivity contribution in [3.63, 3.8) is 0 Å². The second-order valence-corrected chi connectivity index (χ2v) is 5.18. The molecule has 2 N–H and O–H groups in total. The van der Waals surface area contributed by atoms with E-state index in [4.69, 9.17) is 0 Å². The first kappa shape index (κ1) is 17.5. The zero-order valence-electron chi connectivity index (χ0n) is 12.8. The topological polar surface area (TPSA) is 58.2 Å². The van der Waals surface area contributed by atoms with Crippen molar-refractivity contribution in [1.82, 2.24) is 0 Å². The Hall–Kier alpha value is -2.83. The van der Waals surface area contributed by atoms with Crippen molar-refractivity contribution < 1.29 is 22.8 Å². The van der Waals surface area contributed by atoms with Gasteiger partial charge < -0.3 is 10.6 Å². The molecule has 0 aliphatic carbocycles. The van der Waals surface area contributed by atoms with Gasteiger partial charge in [0.1, 0.15) is 0 Å². The number of amides is 2. The van der Waals surface area contributed by atoms with Crippen molar-refractivity contribution in [2.75, 3.05) is 10.6 Å². The number of carbonyl (C=O) groups excluding carboxylic acids is 2. The summed E-state index contributed by atoms with van der Waals surface area (Å²) in [5.41, 5.74) is 0.559. The Morgan fingerprint density at radius 1 is 0.958 bits per heavy atom. The molecule has 0 aromatic heterocycles. The molecular formula is C17H15F3N2O2. The van der Waals surface area contributed by atoms with E-state index in [9.17, 15) is 22.8 Å². The van der Waals surface area contributed by atoms with Crippen molar-refractivity contribution in [3.05, 3.63) is 59.7 Å². The predicted octanol–water partition coefficient (Wildman–Crippen LogP) is 3.85. The molecule has 0 bridgehead atoms. The largest absolute Gasteiger partial charge is 0.416 e. The first-order valence-corrected chi connectivity index (χ1v) is 7.08. The molecule has 0 saturated heterocycles. The number of hydrogen-bond acceptors (Lipinski definition) is 2. The Balaban J connectivity index is 1.99. The SMILES string of the molecule is CC(=O)Nc1ccc(NC(=O)Cc2cccc(C(F)(F)F)c2)cc1. The quantitative estimate of drug-likeness (QED) is 0.891. The molecule has 7 heteroatoms. The zero-order valence-corrected chi connectivity index (χ0v) is 12.8. The van der Waals surface area contributed by atoms with E-state index in [-0.39, 0.29) is 17.9 Å². The van der Waals surface area contributed by atoms with E-state index >= 15 is 0 Å². The maximum absolute atomic E-state index is 12.6. The van der Waals surface area contributed by atoms with E-state index < -0.39 is 17.6 Å². The van der Waals surface area contributed by atoms with Crippen LogP contribution in [0.3, 0.4) is 0 Å². The van der Waals surface area contributed by atoms with E-state index in [2.05, 4.69) is 10.6 Å². The minimum absolute atomic E-state index is 0.169. The highest BCUT2D eigenvalue weighted by Crippen LogP contribution is 2.29. The van der Waals surface area contributed by atoms with Gasteiger partial charge in [0, 0.05) is 18.3 Å². The molecule has 2 rings (SSSR count). The third-order valence-corrected chi connectivity index (χ3v) is 3.11. The van der Waals surface area contributed by atoms with Crippen molar-refractivity contribution in [1.29, 1.82) is 0 Å². The average Bonchev–Trinajstić information content (AvgIpc) is 2.48. The summed E-state index contributed by atoms with van der Waals surface area (Å²) in [7, 11) is 0. The van der Waals surface area contributed by atoms with Crippen molar-refractivity contribution >= 4 is 23.2 Å². The Morgan fingerprint density at radius 3 is 2.08 bits per heavy atom. The number of rotatable bonds is 4. The van der Waals surface area contributed by atoms with Gasteiger partial charge in [-0.1, -0.05) is 18.2 Å². The van der Waals surface area contributed by atoms with E-state index in [1.165, 1.54) is 19.1 Å². The summed E-state index contributed by atoms with van der Waals surface area (Å²) >= 11 is 0. The molecule has 0 aliphatic heterocycles. The summed E-state index contributed by atoms with van der Waals surface area (Å²) in [6, 6.07) is 11.1. The van der Waals surface area contributed by atoms with Gasteiger partial charge in [0.15, 0.2) is 0 Å². The number of alkyl halides is 3. The van der Waals surface area contributed by atoms with Gasteiger partial charge in [-0.25, -0.2) is 0 Å². The third-order valence-electron chi connectivity index (χ3n) is 3.11. The summed E-state index contributed by atoms with van der Waals surface area (Å²) in [6.07, 6.45) is -4.61. The second-order valence-electron chi connectivity index (χ2n) is 5.18. The Morgan fingerprint density at radius 2 is 1.54 bits per heavy atom. The van der Waals surface area contributed by atoms with Crippen LogP contribution < -0.4 is 10.6 Å². The molecule has 2 aromatic rings. The van der Waals surface area contributed by atoms with E-state index in [1.54, 1.807) is 24.3 Å². The highest BCUT2D eigenvalue weighted by atomic mass is 19.4. The number of nitrogens with one attached hydrogen (secondary N) is 2. The lowest BCUT2D eigenvalue weighted by atomic mass is 10.1. The molecule has 2 amide bonds.